The fourth-order valence-electron chi connectivity index (χ4n) is 2.89. The summed E-state index contributed by atoms with van der Waals surface area (Å²) in [6, 6.07) is 8.06. The number of hydrogen-bond donors (Lipinski definition) is 2. The number of ether oxygens (including phenoxy) is 1. The summed E-state index contributed by atoms with van der Waals surface area (Å²) in [6.07, 6.45) is 0.957. The number of aliphatic imine (C=N–C) groups is 1. The van der Waals surface area contributed by atoms with Gasteiger partial charge in [0, 0.05) is 26.3 Å². The van der Waals surface area contributed by atoms with Gasteiger partial charge < -0.3 is 15.4 Å². The van der Waals surface area contributed by atoms with Crippen LogP contribution in [-0.4, -0.2) is 42.0 Å². The highest BCUT2D eigenvalue weighted by atomic mass is 127. The monoisotopic (exact) mass is 485 g/mol. The van der Waals surface area contributed by atoms with Gasteiger partial charge in [-0.2, -0.15) is 5.10 Å². The first kappa shape index (κ1) is 23.3. The minimum Gasteiger partial charge on any atom is -0.489 e. The summed E-state index contributed by atoms with van der Waals surface area (Å²) in [5, 5.41) is 11.1. The van der Waals surface area contributed by atoms with Crippen molar-refractivity contribution < 1.29 is 4.74 Å². The highest BCUT2D eigenvalue weighted by Crippen LogP contribution is 2.17. The van der Waals surface area contributed by atoms with Gasteiger partial charge >= 0.3 is 0 Å². The smallest absolute Gasteiger partial charge is 0.191 e. The third kappa shape index (κ3) is 6.71. The lowest BCUT2D eigenvalue weighted by Crippen LogP contribution is -2.42. The van der Waals surface area contributed by atoms with Gasteiger partial charge in [0.2, 0.25) is 0 Å². The van der Waals surface area contributed by atoms with Crippen LogP contribution in [0.2, 0.25) is 0 Å². The van der Waals surface area contributed by atoms with Gasteiger partial charge in [-0.1, -0.05) is 18.2 Å². The number of rotatable bonds is 7. The summed E-state index contributed by atoms with van der Waals surface area (Å²) < 4.78 is 7.92. The number of nitrogens with zero attached hydrogens (tertiary/aromatic N) is 3. The summed E-state index contributed by atoms with van der Waals surface area (Å²) >= 11 is 0. The second-order valence-electron chi connectivity index (χ2n) is 6.60. The lowest BCUT2D eigenvalue weighted by Gasteiger charge is -2.18. The number of para-hydroxylation sites is 1. The average molecular weight is 485 g/mol. The van der Waals surface area contributed by atoms with Crippen LogP contribution in [0.5, 0.6) is 5.75 Å². The Bertz CT molecular complexity index is 757. The summed E-state index contributed by atoms with van der Waals surface area (Å²) in [5.41, 5.74) is 4.75. The molecule has 1 unspecified atom stereocenters. The number of hydrogen-bond acceptors (Lipinski definition) is 3. The first-order valence-corrected chi connectivity index (χ1v) is 9.08. The summed E-state index contributed by atoms with van der Waals surface area (Å²) in [5.74, 6) is 1.71. The van der Waals surface area contributed by atoms with Gasteiger partial charge in [-0.3, -0.25) is 9.67 Å². The van der Waals surface area contributed by atoms with Crippen molar-refractivity contribution in [1.82, 2.24) is 20.4 Å². The normalized spacial score (nSPS) is 12.3. The second kappa shape index (κ2) is 11.2. The standard InChI is InChI=1S/C20H31N5O.HI/c1-14-9-7-8-10-19(14)26-15(2)13-23-20(21-5)22-12-11-18-16(3)24-25(6)17(18)4;/h7-10,15H,11-13H2,1-6H3,(H2,21,22,23);1H. The molecule has 0 radical (unpaired) electrons. The van der Waals surface area contributed by atoms with E-state index in [1.807, 2.05) is 29.9 Å². The molecule has 1 aromatic heterocycles. The molecule has 0 saturated heterocycles. The van der Waals surface area contributed by atoms with E-state index < -0.39 is 0 Å². The molecule has 2 aromatic rings. The third-order valence-electron chi connectivity index (χ3n) is 4.53. The molecular formula is C20H32IN5O. The number of nitrogens with one attached hydrogen (secondary N) is 2. The molecule has 1 heterocycles. The van der Waals surface area contributed by atoms with E-state index in [-0.39, 0.29) is 30.1 Å². The van der Waals surface area contributed by atoms with E-state index in [1.165, 1.54) is 11.3 Å². The maximum atomic E-state index is 5.99. The molecule has 0 bridgehead atoms. The van der Waals surface area contributed by atoms with Crippen LogP contribution in [0.4, 0.5) is 0 Å². The predicted octanol–water partition coefficient (Wildman–Crippen LogP) is 3.14. The van der Waals surface area contributed by atoms with Gasteiger partial charge in [-0.25, -0.2) is 0 Å². The SMILES string of the molecule is CN=C(NCCc1c(C)nn(C)c1C)NCC(C)Oc1ccccc1C.I. The average Bonchev–Trinajstić information content (AvgIpc) is 2.85. The Morgan fingerprint density at radius 2 is 1.93 bits per heavy atom. The van der Waals surface area contributed by atoms with Crippen molar-refractivity contribution in [1.29, 1.82) is 0 Å². The van der Waals surface area contributed by atoms with Crippen LogP contribution in [0.1, 0.15) is 29.4 Å². The van der Waals surface area contributed by atoms with E-state index in [9.17, 15) is 0 Å². The van der Waals surface area contributed by atoms with Crippen molar-refractivity contribution in [2.75, 3.05) is 20.1 Å². The Morgan fingerprint density at radius 1 is 1.22 bits per heavy atom. The Hall–Kier alpha value is -1.77. The lowest BCUT2D eigenvalue weighted by atomic mass is 10.1. The molecule has 1 aromatic carbocycles. The van der Waals surface area contributed by atoms with E-state index in [0.717, 1.165) is 35.9 Å². The number of halogens is 1. The minimum atomic E-state index is 0. The van der Waals surface area contributed by atoms with E-state index in [1.54, 1.807) is 7.05 Å². The fraction of sp³-hybridized carbons (Fsp3) is 0.500. The Kier molecular flexibility index (Phi) is 9.62. The Labute approximate surface area is 179 Å². The van der Waals surface area contributed by atoms with Crippen molar-refractivity contribution >= 4 is 29.9 Å². The van der Waals surface area contributed by atoms with E-state index in [0.29, 0.717) is 6.54 Å². The predicted molar refractivity (Wildman–Crippen MR) is 122 cm³/mol. The van der Waals surface area contributed by atoms with E-state index >= 15 is 0 Å². The number of benzene rings is 1. The topological polar surface area (TPSA) is 63.5 Å². The molecule has 7 heteroatoms. The zero-order valence-electron chi connectivity index (χ0n) is 17.2. The molecule has 27 heavy (non-hydrogen) atoms. The van der Waals surface area contributed by atoms with Crippen LogP contribution in [0.15, 0.2) is 29.3 Å². The molecule has 2 N–H and O–H groups in total. The van der Waals surface area contributed by atoms with Crippen LogP contribution < -0.4 is 15.4 Å². The number of guanidine groups is 1. The quantitative estimate of drug-likeness (QED) is 0.360. The van der Waals surface area contributed by atoms with Gasteiger partial charge in [0.25, 0.3) is 0 Å². The highest BCUT2D eigenvalue weighted by Gasteiger charge is 2.10. The van der Waals surface area contributed by atoms with Crippen LogP contribution in [0.3, 0.4) is 0 Å². The van der Waals surface area contributed by atoms with Gasteiger partial charge in [0.15, 0.2) is 5.96 Å². The zero-order chi connectivity index (χ0) is 19.1. The lowest BCUT2D eigenvalue weighted by molar-refractivity contribution is 0.222. The van der Waals surface area contributed by atoms with Crippen LogP contribution in [0, 0.1) is 20.8 Å². The molecule has 0 aliphatic heterocycles. The summed E-state index contributed by atoms with van der Waals surface area (Å²) in [6.45, 7) is 9.75. The second-order valence-corrected chi connectivity index (χ2v) is 6.60. The van der Waals surface area contributed by atoms with Gasteiger partial charge in [-0.15, -0.1) is 24.0 Å². The van der Waals surface area contributed by atoms with Crippen molar-refractivity contribution in [2.24, 2.45) is 12.0 Å². The van der Waals surface area contributed by atoms with Crippen molar-refractivity contribution in [3.63, 3.8) is 0 Å². The van der Waals surface area contributed by atoms with Crippen molar-refractivity contribution in [2.45, 2.75) is 40.2 Å². The minimum absolute atomic E-state index is 0. The molecular weight excluding hydrogens is 453 g/mol. The Balaban J connectivity index is 0.00000364. The molecule has 1 atom stereocenters. The Morgan fingerprint density at radius 3 is 2.52 bits per heavy atom. The van der Waals surface area contributed by atoms with E-state index in [4.69, 9.17) is 4.74 Å². The maximum absolute atomic E-state index is 5.99. The highest BCUT2D eigenvalue weighted by molar-refractivity contribution is 14.0. The van der Waals surface area contributed by atoms with Gasteiger partial charge in [0.1, 0.15) is 11.9 Å². The molecule has 0 fully saturated rings. The van der Waals surface area contributed by atoms with Gasteiger partial charge in [0.05, 0.1) is 12.2 Å². The molecule has 0 amide bonds. The first-order chi connectivity index (χ1) is 12.4. The summed E-state index contributed by atoms with van der Waals surface area (Å²) in [4.78, 5) is 4.28. The number of aromatic nitrogens is 2. The fourth-order valence-corrected chi connectivity index (χ4v) is 2.89. The number of aryl methyl sites for hydroxylation is 3. The zero-order valence-corrected chi connectivity index (χ0v) is 19.5. The summed E-state index contributed by atoms with van der Waals surface area (Å²) in [7, 11) is 3.76. The molecule has 0 saturated carbocycles. The van der Waals surface area contributed by atoms with E-state index in [2.05, 4.69) is 54.5 Å². The van der Waals surface area contributed by atoms with Crippen LogP contribution >= 0.6 is 24.0 Å². The molecule has 0 aliphatic rings. The molecule has 2 rings (SSSR count). The van der Waals surface area contributed by atoms with Gasteiger partial charge in [-0.05, 0) is 51.3 Å². The molecule has 0 spiro atoms. The first-order valence-electron chi connectivity index (χ1n) is 9.08. The maximum Gasteiger partial charge on any atom is 0.191 e. The van der Waals surface area contributed by atoms with Crippen molar-refractivity contribution in [3.05, 3.63) is 46.8 Å². The molecule has 0 aliphatic carbocycles. The van der Waals surface area contributed by atoms with Crippen molar-refractivity contribution in [3.8, 4) is 5.75 Å². The van der Waals surface area contributed by atoms with Crippen LogP contribution in [0.25, 0.3) is 0 Å². The third-order valence-corrected chi connectivity index (χ3v) is 4.53. The van der Waals surface area contributed by atoms with Crippen LogP contribution in [-0.2, 0) is 13.5 Å². The molecule has 6 nitrogen and oxygen atoms in total. The largest absolute Gasteiger partial charge is 0.489 e. The molecule has 150 valence electrons.